The number of carbonyl (C=O) groups excluding carboxylic acids is 1. The normalized spacial score (nSPS) is 28.4. The summed E-state index contributed by atoms with van der Waals surface area (Å²) in [5, 5.41) is 3.41. The molecule has 0 aromatic heterocycles. The number of methoxy groups -OCH3 is 1. The molecule has 3 unspecified atom stereocenters. The molecule has 1 N–H and O–H groups in total. The van der Waals surface area contributed by atoms with Crippen LogP contribution in [0.3, 0.4) is 0 Å². The molecule has 1 heterocycles. The zero-order chi connectivity index (χ0) is 12.3. The molecule has 0 bridgehead atoms. The Hall–Kier alpha value is -0.610. The molecule has 0 aromatic rings. The van der Waals surface area contributed by atoms with Gasteiger partial charge in [0.1, 0.15) is 6.04 Å². The molecular formula is C12H24N2O2. The van der Waals surface area contributed by atoms with Crippen LogP contribution in [0.1, 0.15) is 27.2 Å². The average Bonchev–Trinajstić information content (AvgIpc) is 2.53. The van der Waals surface area contributed by atoms with Gasteiger partial charge in [0, 0.05) is 18.6 Å². The molecule has 0 spiro atoms. The molecule has 0 aliphatic carbocycles. The lowest BCUT2D eigenvalue weighted by molar-refractivity contribution is -0.144. The van der Waals surface area contributed by atoms with Crippen LogP contribution in [0.25, 0.3) is 0 Å². The van der Waals surface area contributed by atoms with Crippen molar-refractivity contribution in [2.75, 3.05) is 20.7 Å². The molecule has 0 aromatic carbocycles. The fraction of sp³-hybridized carbons (Fsp3) is 0.917. The molecule has 1 fully saturated rings. The fourth-order valence-corrected chi connectivity index (χ4v) is 2.23. The summed E-state index contributed by atoms with van der Waals surface area (Å²) in [5.74, 6) is 0.103. The number of ether oxygens (including phenoxy) is 1. The number of likely N-dealkylation sites (tertiary alicyclic amines) is 1. The van der Waals surface area contributed by atoms with Crippen molar-refractivity contribution in [1.82, 2.24) is 10.2 Å². The molecule has 1 saturated heterocycles. The van der Waals surface area contributed by atoms with E-state index >= 15 is 0 Å². The van der Waals surface area contributed by atoms with Gasteiger partial charge in [-0.3, -0.25) is 4.79 Å². The minimum Gasteiger partial charge on any atom is -0.468 e. The summed E-state index contributed by atoms with van der Waals surface area (Å²) in [5.41, 5.74) is 0. The van der Waals surface area contributed by atoms with Crippen molar-refractivity contribution in [3.63, 3.8) is 0 Å². The molecule has 1 aliphatic rings. The smallest absolute Gasteiger partial charge is 0.323 e. The maximum absolute atomic E-state index is 11.6. The largest absolute Gasteiger partial charge is 0.468 e. The zero-order valence-electron chi connectivity index (χ0n) is 11.0. The first-order valence-corrected chi connectivity index (χ1v) is 5.99. The highest BCUT2D eigenvalue weighted by Crippen LogP contribution is 2.17. The number of carbonyl (C=O) groups is 1. The number of hydrogen-bond acceptors (Lipinski definition) is 4. The third-order valence-electron chi connectivity index (χ3n) is 3.42. The monoisotopic (exact) mass is 228 g/mol. The Labute approximate surface area is 98.3 Å². The topological polar surface area (TPSA) is 41.6 Å². The van der Waals surface area contributed by atoms with Gasteiger partial charge in [-0.15, -0.1) is 0 Å². The molecule has 3 atom stereocenters. The number of rotatable bonds is 4. The Morgan fingerprint density at radius 3 is 2.50 bits per heavy atom. The number of likely N-dealkylation sites (N-methyl/N-ethyl adjacent to an activating group) is 1. The van der Waals surface area contributed by atoms with Crippen LogP contribution in [0.4, 0.5) is 0 Å². The van der Waals surface area contributed by atoms with Crippen LogP contribution in [-0.2, 0) is 9.53 Å². The van der Waals surface area contributed by atoms with E-state index in [1.165, 1.54) is 7.11 Å². The number of esters is 1. The van der Waals surface area contributed by atoms with Crippen LogP contribution >= 0.6 is 0 Å². The third kappa shape index (κ3) is 3.19. The molecule has 16 heavy (non-hydrogen) atoms. The summed E-state index contributed by atoms with van der Waals surface area (Å²) >= 11 is 0. The van der Waals surface area contributed by atoms with E-state index in [9.17, 15) is 4.79 Å². The van der Waals surface area contributed by atoms with Gasteiger partial charge in [0.15, 0.2) is 0 Å². The summed E-state index contributed by atoms with van der Waals surface area (Å²) in [4.78, 5) is 13.9. The lowest BCUT2D eigenvalue weighted by Crippen LogP contribution is -2.47. The summed E-state index contributed by atoms with van der Waals surface area (Å²) in [6, 6.07) is 0.795. The first-order valence-electron chi connectivity index (χ1n) is 5.99. The van der Waals surface area contributed by atoms with Crippen LogP contribution in [0.5, 0.6) is 0 Å². The maximum atomic E-state index is 11.6. The van der Waals surface area contributed by atoms with Gasteiger partial charge in [-0.1, -0.05) is 13.8 Å². The van der Waals surface area contributed by atoms with Gasteiger partial charge in [0.2, 0.25) is 0 Å². The second-order valence-corrected chi connectivity index (χ2v) is 5.13. The molecule has 1 aliphatic heterocycles. The molecule has 94 valence electrons. The van der Waals surface area contributed by atoms with Crippen molar-refractivity contribution in [2.45, 2.75) is 45.3 Å². The minimum absolute atomic E-state index is 0.155. The Kier molecular flexibility index (Phi) is 4.74. The molecule has 0 saturated carbocycles. The van der Waals surface area contributed by atoms with E-state index in [0.29, 0.717) is 12.1 Å². The van der Waals surface area contributed by atoms with Crippen molar-refractivity contribution >= 4 is 5.97 Å². The summed E-state index contributed by atoms with van der Waals surface area (Å²) < 4.78 is 4.82. The molecule has 4 heteroatoms. The summed E-state index contributed by atoms with van der Waals surface area (Å²) in [7, 11) is 3.57. The molecule has 1 rings (SSSR count). The number of hydrogen-bond donors (Lipinski definition) is 1. The quantitative estimate of drug-likeness (QED) is 0.725. The van der Waals surface area contributed by atoms with Gasteiger partial charge in [-0.25, -0.2) is 0 Å². The minimum atomic E-state index is -0.186. The molecule has 0 amide bonds. The second kappa shape index (κ2) is 5.64. The van der Waals surface area contributed by atoms with Gasteiger partial charge in [-0.2, -0.15) is 0 Å². The molecule has 4 nitrogen and oxygen atoms in total. The van der Waals surface area contributed by atoms with Crippen molar-refractivity contribution in [3.8, 4) is 0 Å². The highest BCUT2D eigenvalue weighted by molar-refractivity contribution is 5.76. The standard InChI is InChI=1S/C12H24N2O2/c1-8(2)11(12(15)16-5)13-10-6-9(3)14(4)7-10/h8-11,13H,6-7H2,1-5H3. The first-order chi connectivity index (χ1) is 7.45. The van der Waals surface area contributed by atoms with Gasteiger partial charge in [0.05, 0.1) is 7.11 Å². The number of nitrogens with one attached hydrogen (secondary N) is 1. The Balaban J connectivity index is 2.53. The molecular weight excluding hydrogens is 204 g/mol. The van der Waals surface area contributed by atoms with E-state index in [1.807, 2.05) is 13.8 Å². The van der Waals surface area contributed by atoms with Crippen LogP contribution in [0, 0.1) is 5.92 Å². The van der Waals surface area contributed by atoms with Gasteiger partial charge in [-0.05, 0) is 26.3 Å². The van der Waals surface area contributed by atoms with Gasteiger partial charge in [0.25, 0.3) is 0 Å². The molecule has 0 radical (unpaired) electrons. The fourth-order valence-electron chi connectivity index (χ4n) is 2.23. The maximum Gasteiger partial charge on any atom is 0.323 e. The van der Waals surface area contributed by atoms with Gasteiger partial charge < -0.3 is 15.0 Å². The van der Waals surface area contributed by atoms with E-state index in [2.05, 4.69) is 24.2 Å². The van der Waals surface area contributed by atoms with Crippen LogP contribution in [-0.4, -0.2) is 49.7 Å². The van der Waals surface area contributed by atoms with E-state index in [0.717, 1.165) is 13.0 Å². The Bertz CT molecular complexity index is 233. The van der Waals surface area contributed by atoms with Crippen LogP contribution in [0.2, 0.25) is 0 Å². The van der Waals surface area contributed by atoms with Crippen molar-refractivity contribution in [2.24, 2.45) is 5.92 Å². The number of nitrogens with zero attached hydrogens (tertiary/aromatic N) is 1. The average molecular weight is 228 g/mol. The Morgan fingerprint density at radius 2 is 2.12 bits per heavy atom. The van der Waals surface area contributed by atoms with Crippen LogP contribution < -0.4 is 5.32 Å². The third-order valence-corrected chi connectivity index (χ3v) is 3.42. The zero-order valence-corrected chi connectivity index (χ0v) is 11.0. The van der Waals surface area contributed by atoms with Gasteiger partial charge >= 0.3 is 5.97 Å². The first kappa shape index (κ1) is 13.5. The Morgan fingerprint density at radius 1 is 1.50 bits per heavy atom. The van der Waals surface area contributed by atoms with E-state index in [1.54, 1.807) is 0 Å². The lowest BCUT2D eigenvalue weighted by atomic mass is 10.0. The van der Waals surface area contributed by atoms with E-state index < -0.39 is 0 Å². The summed E-state index contributed by atoms with van der Waals surface area (Å²) in [6.07, 6.45) is 1.09. The highest BCUT2D eigenvalue weighted by Gasteiger charge is 2.31. The van der Waals surface area contributed by atoms with Crippen molar-refractivity contribution < 1.29 is 9.53 Å². The SMILES string of the molecule is COC(=O)C(NC1CC(C)N(C)C1)C(C)C. The van der Waals surface area contributed by atoms with Crippen LogP contribution in [0.15, 0.2) is 0 Å². The predicted molar refractivity (Wildman–Crippen MR) is 64.3 cm³/mol. The van der Waals surface area contributed by atoms with Crippen molar-refractivity contribution in [1.29, 1.82) is 0 Å². The van der Waals surface area contributed by atoms with E-state index in [4.69, 9.17) is 4.74 Å². The second-order valence-electron chi connectivity index (χ2n) is 5.13. The van der Waals surface area contributed by atoms with Crippen molar-refractivity contribution in [3.05, 3.63) is 0 Å². The lowest BCUT2D eigenvalue weighted by Gasteiger charge is -2.23. The van der Waals surface area contributed by atoms with E-state index in [-0.39, 0.29) is 17.9 Å². The highest BCUT2D eigenvalue weighted by atomic mass is 16.5. The predicted octanol–water partition coefficient (Wildman–Crippen LogP) is 0.866. The summed E-state index contributed by atoms with van der Waals surface area (Å²) in [6.45, 7) is 7.29.